The number of likely N-dealkylation sites (tertiary alicyclic amines) is 1. The Balaban J connectivity index is 1.97. The van der Waals surface area contributed by atoms with Gasteiger partial charge in [-0.1, -0.05) is 30.9 Å². The molecule has 1 saturated heterocycles. The van der Waals surface area contributed by atoms with E-state index >= 15 is 0 Å². The van der Waals surface area contributed by atoms with Gasteiger partial charge in [-0.2, -0.15) is 0 Å². The number of hydrogen-bond donors (Lipinski definition) is 0. The first-order chi connectivity index (χ1) is 11.5. The minimum atomic E-state index is -0.904. The van der Waals surface area contributed by atoms with Gasteiger partial charge in [-0.25, -0.2) is 4.79 Å². The van der Waals surface area contributed by atoms with Crippen LogP contribution in [0.3, 0.4) is 0 Å². The van der Waals surface area contributed by atoms with Crippen LogP contribution in [-0.4, -0.2) is 41.4 Å². The third kappa shape index (κ3) is 4.92. The molecule has 1 aromatic rings. The maximum atomic E-state index is 12.2. The highest BCUT2D eigenvalue weighted by molar-refractivity contribution is 6.31. The number of carbonyl (C=O) groups is 2. The van der Waals surface area contributed by atoms with Crippen LogP contribution in [0.15, 0.2) is 18.2 Å². The molecule has 24 heavy (non-hydrogen) atoms. The second-order valence-corrected chi connectivity index (χ2v) is 6.08. The van der Waals surface area contributed by atoms with Crippen molar-refractivity contribution in [2.24, 2.45) is 0 Å². The van der Waals surface area contributed by atoms with Gasteiger partial charge in [-0.15, -0.1) is 0 Å². The number of esters is 1. The molecule has 0 aromatic heterocycles. The van der Waals surface area contributed by atoms with E-state index in [0.29, 0.717) is 13.1 Å². The molecular weight excluding hydrogens is 336 g/mol. The third-order valence-corrected chi connectivity index (χ3v) is 4.15. The van der Waals surface area contributed by atoms with Crippen molar-refractivity contribution in [3.8, 4) is 0 Å². The number of halogens is 1. The highest BCUT2D eigenvalue weighted by atomic mass is 35.5. The maximum absolute atomic E-state index is 12.2. The van der Waals surface area contributed by atoms with Crippen LogP contribution in [-0.2, 0) is 9.53 Å². The van der Waals surface area contributed by atoms with Gasteiger partial charge in [0, 0.05) is 24.2 Å². The molecule has 0 N–H and O–H groups in total. The number of ether oxygens (including phenoxy) is 1. The van der Waals surface area contributed by atoms with E-state index < -0.39 is 23.2 Å². The smallest absolute Gasteiger partial charge is 0.345 e. The fourth-order valence-corrected chi connectivity index (χ4v) is 2.79. The monoisotopic (exact) mass is 354 g/mol. The second kappa shape index (κ2) is 8.63. The van der Waals surface area contributed by atoms with Crippen LogP contribution >= 0.6 is 11.6 Å². The van der Waals surface area contributed by atoms with Gasteiger partial charge in [0.15, 0.2) is 6.61 Å². The molecule has 0 aliphatic carbocycles. The van der Waals surface area contributed by atoms with E-state index in [4.69, 9.17) is 16.3 Å². The molecule has 2 rings (SSSR count). The lowest BCUT2D eigenvalue weighted by molar-refractivity contribution is -0.385. The van der Waals surface area contributed by atoms with E-state index in [1.165, 1.54) is 18.6 Å². The van der Waals surface area contributed by atoms with Gasteiger partial charge in [0.2, 0.25) is 0 Å². The minimum absolute atomic E-state index is 0.148. The van der Waals surface area contributed by atoms with Crippen molar-refractivity contribution in [1.82, 2.24) is 4.90 Å². The van der Waals surface area contributed by atoms with Gasteiger partial charge in [-0.3, -0.25) is 14.9 Å². The molecule has 8 heteroatoms. The van der Waals surface area contributed by atoms with Crippen molar-refractivity contribution in [1.29, 1.82) is 0 Å². The van der Waals surface area contributed by atoms with Gasteiger partial charge in [0.05, 0.1) is 4.92 Å². The molecule has 1 aliphatic rings. The summed E-state index contributed by atoms with van der Waals surface area (Å²) in [6, 6.07) is 3.67. The summed E-state index contributed by atoms with van der Waals surface area (Å²) in [5.41, 5.74) is -0.656. The van der Waals surface area contributed by atoms with Crippen LogP contribution in [0.2, 0.25) is 5.02 Å². The zero-order valence-electron chi connectivity index (χ0n) is 13.2. The average Bonchev–Trinajstić information content (AvgIpc) is 2.51. The lowest BCUT2D eigenvalue weighted by atomic mass is 10.1. The van der Waals surface area contributed by atoms with Crippen molar-refractivity contribution in [3.05, 3.63) is 38.9 Å². The molecule has 1 amide bonds. The SMILES string of the molecule is O=C(OCC(=O)N1CCCCCCC1)c1ccc(Cl)cc1[N+](=O)[O-]. The summed E-state index contributed by atoms with van der Waals surface area (Å²) in [5.74, 6) is -1.18. The Labute approximate surface area is 144 Å². The highest BCUT2D eigenvalue weighted by Crippen LogP contribution is 2.24. The van der Waals surface area contributed by atoms with E-state index in [1.54, 1.807) is 4.90 Å². The van der Waals surface area contributed by atoms with Gasteiger partial charge in [0.25, 0.3) is 11.6 Å². The summed E-state index contributed by atoms with van der Waals surface area (Å²) in [5, 5.41) is 11.1. The van der Waals surface area contributed by atoms with Gasteiger partial charge in [-0.05, 0) is 25.0 Å². The molecular formula is C16H19ClN2O5. The first-order valence-electron chi connectivity index (χ1n) is 7.88. The predicted octanol–water partition coefficient (Wildman–Crippen LogP) is 3.20. The van der Waals surface area contributed by atoms with E-state index in [1.807, 2.05) is 0 Å². The fraction of sp³-hybridized carbons (Fsp3) is 0.500. The molecule has 0 saturated carbocycles. The molecule has 7 nitrogen and oxygen atoms in total. The van der Waals surface area contributed by atoms with Crippen molar-refractivity contribution in [2.45, 2.75) is 32.1 Å². The largest absolute Gasteiger partial charge is 0.452 e. The summed E-state index contributed by atoms with van der Waals surface area (Å²) in [6.45, 7) is 0.883. The zero-order chi connectivity index (χ0) is 17.5. The summed E-state index contributed by atoms with van der Waals surface area (Å²) >= 11 is 5.71. The van der Waals surface area contributed by atoms with E-state index in [2.05, 4.69) is 0 Å². The number of nitro groups is 1. The molecule has 1 aromatic carbocycles. The molecule has 0 unspecified atom stereocenters. The topological polar surface area (TPSA) is 89.8 Å². The molecule has 0 spiro atoms. The van der Waals surface area contributed by atoms with Gasteiger partial charge >= 0.3 is 5.97 Å². The molecule has 1 heterocycles. The maximum Gasteiger partial charge on any atom is 0.345 e. The van der Waals surface area contributed by atoms with Gasteiger partial charge < -0.3 is 9.64 Å². The number of amides is 1. The summed E-state index contributed by atoms with van der Waals surface area (Å²) in [7, 11) is 0. The third-order valence-electron chi connectivity index (χ3n) is 3.91. The molecule has 130 valence electrons. The Morgan fingerprint density at radius 2 is 1.79 bits per heavy atom. The summed E-state index contributed by atoms with van der Waals surface area (Å²) < 4.78 is 4.97. The van der Waals surface area contributed by atoms with Crippen LogP contribution in [0, 0.1) is 10.1 Å². The lowest BCUT2D eigenvalue weighted by Gasteiger charge is -2.24. The first-order valence-corrected chi connectivity index (χ1v) is 8.25. The quantitative estimate of drug-likeness (QED) is 0.470. The standard InChI is InChI=1S/C16H19ClN2O5/c17-12-6-7-13(14(10-12)19(22)23)16(21)24-11-15(20)18-8-4-2-1-3-5-9-18/h6-7,10H,1-5,8-9,11H2. The number of hydrogen-bond acceptors (Lipinski definition) is 5. The van der Waals surface area contributed by atoms with Crippen LogP contribution < -0.4 is 0 Å². The zero-order valence-corrected chi connectivity index (χ0v) is 14.0. The van der Waals surface area contributed by atoms with Crippen LogP contribution in [0.5, 0.6) is 0 Å². The Bertz CT molecular complexity index is 627. The Kier molecular flexibility index (Phi) is 6.54. The number of benzene rings is 1. The Hall–Kier alpha value is -2.15. The number of rotatable bonds is 4. The van der Waals surface area contributed by atoms with Crippen molar-refractivity contribution in [2.75, 3.05) is 19.7 Å². The number of nitro benzene ring substituents is 1. The van der Waals surface area contributed by atoms with E-state index in [0.717, 1.165) is 31.7 Å². The van der Waals surface area contributed by atoms with Crippen molar-refractivity contribution < 1.29 is 19.2 Å². The number of nitrogens with zero attached hydrogens (tertiary/aromatic N) is 2. The summed E-state index contributed by atoms with van der Waals surface area (Å²) in [6.07, 6.45) is 5.21. The second-order valence-electron chi connectivity index (χ2n) is 5.64. The molecule has 1 fully saturated rings. The molecule has 0 bridgehead atoms. The minimum Gasteiger partial charge on any atom is -0.452 e. The molecule has 1 aliphatic heterocycles. The van der Waals surface area contributed by atoms with E-state index in [-0.39, 0.29) is 16.5 Å². The van der Waals surface area contributed by atoms with Crippen LogP contribution in [0.25, 0.3) is 0 Å². The van der Waals surface area contributed by atoms with Crippen molar-refractivity contribution >= 4 is 29.2 Å². The van der Waals surface area contributed by atoms with Gasteiger partial charge in [0.1, 0.15) is 5.56 Å². The summed E-state index contributed by atoms with van der Waals surface area (Å²) in [4.78, 5) is 36.2. The van der Waals surface area contributed by atoms with Crippen molar-refractivity contribution in [3.63, 3.8) is 0 Å². The lowest BCUT2D eigenvalue weighted by Crippen LogP contribution is -2.37. The first kappa shape index (κ1) is 18.2. The number of carbonyl (C=O) groups excluding carboxylic acids is 2. The van der Waals surface area contributed by atoms with E-state index in [9.17, 15) is 19.7 Å². The highest BCUT2D eigenvalue weighted by Gasteiger charge is 2.23. The normalized spacial score (nSPS) is 15.3. The predicted molar refractivity (Wildman–Crippen MR) is 88.1 cm³/mol. The molecule has 0 atom stereocenters. The van der Waals surface area contributed by atoms with Crippen LogP contribution in [0.1, 0.15) is 42.5 Å². The fourth-order valence-electron chi connectivity index (χ4n) is 2.62. The molecule has 0 radical (unpaired) electrons. The van der Waals surface area contributed by atoms with Crippen LogP contribution in [0.4, 0.5) is 5.69 Å². The average molecular weight is 355 g/mol. The Morgan fingerprint density at radius 3 is 2.42 bits per heavy atom. The Morgan fingerprint density at radius 1 is 1.17 bits per heavy atom.